The molecule has 0 saturated carbocycles. The number of benzene rings is 1. The normalized spacial score (nSPS) is 14.7. The number of halogens is 2. The number of hydrogen-bond acceptors (Lipinski definition) is 7. The fourth-order valence-electron chi connectivity index (χ4n) is 3.65. The van der Waals surface area contributed by atoms with Crippen LogP contribution in [0.5, 0.6) is 0 Å². The van der Waals surface area contributed by atoms with E-state index >= 15 is 0 Å². The van der Waals surface area contributed by atoms with E-state index in [0.29, 0.717) is 28.0 Å². The number of carbonyl (C=O) groups excluding carboxylic acids is 1. The molecule has 33 heavy (non-hydrogen) atoms. The number of nitrogens with zero attached hydrogens (tertiary/aromatic N) is 4. The summed E-state index contributed by atoms with van der Waals surface area (Å²) in [6.45, 7) is 6.46. The van der Waals surface area contributed by atoms with E-state index in [1.54, 1.807) is 4.57 Å². The van der Waals surface area contributed by atoms with E-state index in [4.69, 9.17) is 0 Å². The molecule has 0 aliphatic carbocycles. The summed E-state index contributed by atoms with van der Waals surface area (Å²) < 4.78 is 29.2. The summed E-state index contributed by atoms with van der Waals surface area (Å²) in [5.74, 6) is -1.32. The van der Waals surface area contributed by atoms with Gasteiger partial charge in [-0.25, -0.2) is 13.8 Å². The fraction of sp³-hybridized carbons (Fsp3) is 0.455. The van der Waals surface area contributed by atoms with Gasteiger partial charge in [0.2, 0.25) is 5.91 Å². The SMILES string of the molecule is CCCn1c(SCC(=O)Nc2cc(F)ccc2F)nc2nc(N3CCC(C)CC3)sc2c1=O. The molecular formula is C22H25F2N5O2S2. The van der Waals surface area contributed by atoms with E-state index in [0.717, 1.165) is 67.4 Å². The second-order valence-corrected chi connectivity index (χ2v) is 10.1. The quantitative estimate of drug-likeness (QED) is 0.385. The van der Waals surface area contributed by atoms with Gasteiger partial charge in [-0.3, -0.25) is 14.2 Å². The molecule has 3 heterocycles. The number of piperidine rings is 1. The third kappa shape index (κ3) is 5.35. The first-order valence-electron chi connectivity index (χ1n) is 10.9. The first kappa shape index (κ1) is 23.6. The van der Waals surface area contributed by atoms with Crippen LogP contribution in [0.1, 0.15) is 33.1 Å². The number of fused-ring (bicyclic) bond motifs is 1. The largest absolute Gasteiger partial charge is 0.348 e. The van der Waals surface area contributed by atoms with Crippen LogP contribution in [-0.2, 0) is 11.3 Å². The van der Waals surface area contributed by atoms with E-state index in [-0.39, 0.29) is 17.0 Å². The number of nitrogens with one attached hydrogen (secondary N) is 1. The topological polar surface area (TPSA) is 80.1 Å². The van der Waals surface area contributed by atoms with Gasteiger partial charge in [-0.1, -0.05) is 36.9 Å². The van der Waals surface area contributed by atoms with Crippen molar-refractivity contribution in [2.45, 2.75) is 44.8 Å². The second-order valence-electron chi connectivity index (χ2n) is 8.13. The molecule has 4 rings (SSSR count). The van der Waals surface area contributed by atoms with E-state index < -0.39 is 17.5 Å². The van der Waals surface area contributed by atoms with Gasteiger partial charge in [0.1, 0.15) is 16.3 Å². The summed E-state index contributed by atoms with van der Waals surface area (Å²) in [7, 11) is 0. The maximum Gasteiger partial charge on any atom is 0.273 e. The van der Waals surface area contributed by atoms with Gasteiger partial charge in [0.05, 0.1) is 11.4 Å². The van der Waals surface area contributed by atoms with Gasteiger partial charge in [0.25, 0.3) is 5.56 Å². The predicted molar refractivity (Wildman–Crippen MR) is 128 cm³/mol. The Labute approximate surface area is 198 Å². The highest BCUT2D eigenvalue weighted by atomic mass is 32.2. The lowest BCUT2D eigenvalue weighted by molar-refractivity contribution is -0.113. The van der Waals surface area contributed by atoms with Gasteiger partial charge >= 0.3 is 0 Å². The van der Waals surface area contributed by atoms with E-state index in [1.807, 2.05) is 6.92 Å². The van der Waals surface area contributed by atoms with Crippen molar-refractivity contribution in [1.82, 2.24) is 14.5 Å². The minimum atomic E-state index is -0.723. The number of thiazole rings is 1. The molecule has 0 atom stereocenters. The number of aromatic nitrogens is 3. The Morgan fingerprint density at radius 1 is 1.27 bits per heavy atom. The average Bonchev–Trinajstić information content (AvgIpc) is 3.22. The number of hydrogen-bond donors (Lipinski definition) is 1. The molecule has 1 amide bonds. The van der Waals surface area contributed by atoms with Gasteiger partial charge in [-0.2, -0.15) is 4.98 Å². The van der Waals surface area contributed by atoms with Crippen LogP contribution < -0.4 is 15.8 Å². The van der Waals surface area contributed by atoms with Crippen LogP contribution in [0, 0.1) is 17.6 Å². The van der Waals surface area contributed by atoms with Gasteiger partial charge in [-0.15, -0.1) is 0 Å². The molecule has 1 aliphatic heterocycles. The highest BCUT2D eigenvalue weighted by Crippen LogP contribution is 2.30. The molecule has 0 spiro atoms. The lowest BCUT2D eigenvalue weighted by Gasteiger charge is -2.29. The Balaban J connectivity index is 1.55. The minimum absolute atomic E-state index is 0.112. The number of carbonyl (C=O) groups is 1. The number of amides is 1. The minimum Gasteiger partial charge on any atom is -0.348 e. The summed E-state index contributed by atoms with van der Waals surface area (Å²) in [4.78, 5) is 36.9. The van der Waals surface area contributed by atoms with Gasteiger partial charge in [0.15, 0.2) is 15.9 Å². The Kier molecular flexibility index (Phi) is 7.28. The third-order valence-electron chi connectivity index (χ3n) is 5.51. The van der Waals surface area contributed by atoms with Crippen LogP contribution in [0.3, 0.4) is 0 Å². The molecule has 1 aliphatic rings. The summed E-state index contributed by atoms with van der Waals surface area (Å²) in [6, 6.07) is 2.86. The first-order valence-corrected chi connectivity index (χ1v) is 12.7. The zero-order valence-electron chi connectivity index (χ0n) is 18.4. The van der Waals surface area contributed by atoms with E-state index in [1.165, 1.54) is 11.3 Å². The molecule has 0 unspecified atom stereocenters. The summed E-state index contributed by atoms with van der Waals surface area (Å²) in [6.07, 6.45) is 2.90. The van der Waals surface area contributed by atoms with Crippen LogP contribution in [-0.4, -0.2) is 39.3 Å². The smallest absolute Gasteiger partial charge is 0.273 e. The summed E-state index contributed by atoms with van der Waals surface area (Å²) in [5, 5.41) is 3.54. The first-order chi connectivity index (χ1) is 15.9. The molecule has 1 saturated heterocycles. The van der Waals surface area contributed by atoms with Crippen molar-refractivity contribution in [3.05, 3.63) is 40.2 Å². The number of rotatable bonds is 7. The number of anilines is 2. The van der Waals surface area contributed by atoms with Crippen molar-refractivity contribution in [2.75, 3.05) is 29.1 Å². The van der Waals surface area contributed by atoms with E-state index in [9.17, 15) is 18.4 Å². The van der Waals surface area contributed by atoms with Crippen LogP contribution in [0.25, 0.3) is 10.3 Å². The van der Waals surface area contributed by atoms with Crippen LogP contribution in [0.4, 0.5) is 19.6 Å². The van der Waals surface area contributed by atoms with Crippen molar-refractivity contribution in [3.63, 3.8) is 0 Å². The molecule has 11 heteroatoms. The second kappa shape index (κ2) is 10.2. The fourth-order valence-corrected chi connectivity index (χ4v) is 5.47. The maximum absolute atomic E-state index is 13.8. The van der Waals surface area contributed by atoms with Crippen LogP contribution in [0.2, 0.25) is 0 Å². The summed E-state index contributed by atoms with van der Waals surface area (Å²) in [5.41, 5.74) is -0.0185. The van der Waals surface area contributed by atoms with Crippen molar-refractivity contribution < 1.29 is 13.6 Å². The molecule has 7 nitrogen and oxygen atoms in total. The average molecular weight is 494 g/mol. The van der Waals surface area contributed by atoms with Crippen molar-refractivity contribution in [2.24, 2.45) is 5.92 Å². The Morgan fingerprint density at radius 2 is 2.03 bits per heavy atom. The Hall–Kier alpha value is -2.53. The predicted octanol–water partition coefficient (Wildman–Crippen LogP) is 4.51. The monoisotopic (exact) mass is 493 g/mol. The van der Waals surface area contributed by atoms with Crippen LogP contribution >= 0.6 is 23.1 Å². The molecule has 176 valence electrons. The van der Waals surface area contributed by atoms with Gasteiger partial charge in [0, 0.05) is 25.7 Å². The molecule has 0 bridgehead atoms. The van der Waals surface area contributed by atoms with Crippen molar-refractivity contribution in [1.29, 1.82) is 0 Å². The maximum atomic E-state index is 13.8. The zero-order chi connectivity index (χ0) is 23.5. The highest BCUT2D eigenvalue weighted by molar-refractivity contribution is 7.99. The molecule has 0 radical (unpaired) electrons. The lowest BCUT2D eigenvalue weighted by Crippen LogP contribution is -2.32. The van der Waals surface area contributed by atoms with E-state index in [2.05, 4.69) is 27.1 Å². The molecule has 3 aromatic rings. The molecule has 1 N–H and O–H groups in total. The number of thioether (sulfide) groups is 1. The van der Waals surface area contributed by atoms with Gasteiger partial charge in [-0.05, 0) is 37.3 Å². The van der Waals surface area contributed by atoms with Crippen molar-refractivity contribution >= 4 is 50.2 Å². The molecule has 2 aromatic heterocycles. The Bertz CT molecular complexity index is 1220. The highest BCUT2D eigenvalue weighted by Gasteiger charge is 2.22. The van der Waals surface area contributed by atoms with Crippen LogP contribution in [0.15, 0.2) is 28.2 Å². The Morgan fingerprint density at radius 3 is 2.76 bits per heavy atom. The van der Waals surface area contributed by atoms with Gasteiger partial charge < -0.3 is 10.2 Å². The lowest BCUT2D eigenvalue weighted by atomic mass is 10.00. The molecule has 1 aromatic carbocycles. The molecular weight excluding hydrogens is 468 g/mol. The summed E-state index contributed by atoms with van der Waals surface area (Å²) >= 11 is 2.44. The zero-order valence-corrected chi connectivity index (χ0v) is 20.1. The standard InChI is InChI=1S/C22H25F2N5O2S2/c1-3-8-29-20(31)18-19(26-21(33-18)28-9-6-13(2)7-10-28)27-22(29)32-12-17(30)25-16-11-14(23)4-5-15(16)24/h4-5,11,13H,3,6-10,12H2,1-2H3,(H,25,30). The third-order valence-corrected chi connectivity index (χ3v) is 7.58. The van der Waals surface area contributed by atoms with Crippen molar-refractivity contribution in [3.8, 4) is 0 Å². The molecule has 1 fully saturated rings.